The lowest BCUT2D eigenvalue weighted by Crippen LogP contribution is -2.41. The molecule has 1 N–H and O–H groups in total. The molecule has 0 aliphatic carbocycles. The fraction of sp³-hybridized carbons (Fsp3) is 0.385. The quantitative estimate of drug-likeness (QED) is 0.560. The van der Waals surface area contributed by atoms with E-state index in [0.29, 0.717) is 37.4 Å². The van der Waals surface area contributed by atoms with Gasteiger partial charge in [0, 0.05) is 31.4 Å². The summed E-state index contributed by atoms with van der Waals surface area (Å²) in [6.45, 7) is 6.19. The van der Waals surface area contributed by atoms with E-state index in [0.717, 1.165) is 29.5 Å². The Bertz CT molecular complexity index is 1240. The van der Waals surface area contributed by atoms with Crippen molar-refractivity contribution in [2.45, 2.75) is 33.2 Å². The molecule has 8 heteroatoms. The van der Waals surface area contributed by atoms with Gasteiger partial charge in [0.1, 0.15) is 5.69 Å². The lowest BCUT2D eigenvalue weighted by atomic mass is 9.98. The van der Waals surface area contributed by atoms with Crippen molar-refractivity contribution < 1.29 is 13.2 Å². The van der Waals surface area contributed by atoms with Gasteiger partial charge in [-0.15, -0.1) is 0 Å². The first-order valence-electron chi connectivity index (χ1n) is 11.6. The average Bonchev–Trinajstić information content (AvgIpc) is 3.23. The van der Waals surface area contributed by atoms with Gasteiger partial charge in [-0.1, -0.05) is 59.7 Å². The number of hydrogen-bond donors (Lipinski definition) is 1. The molecule has 2 aromatic carbocycles. The van der Waals surface area contributed by atoms with Crippen LogP contribution in [0.4, 0.5) is 0 Å². The van der Waals surface area contributed by atoms with Gasteiger partial charge in [-0.05, 0) is 38.2 Å². The van der Waals surface area contributed by atoms with Gasteiger partial charge in [0.2, 0.25) is 10.0 Å². The molecule has 1 saturated heterocycles. The monoisotopic (exact) mass is 480 g/mol. The maximum Gasteiger partial charge on any atom is 0.255 e. The molecule has 0 radical (unpaired) electrons. The van der Waals surface area contributed by atoms with Crippen LogP contribution >= 0.6 is 0 Å². The number of amides is 1. The van der Waals surface area contributed by atoms with Crippen LogP contribution in [0.1, 0.15) is 39.9 Å². The Morgan fingerprint density at radius 2 is 1.59 bits per heavy atom. The summed E-state index contributed by atoms with van der Waals surface area (Å²) in [7, 11) is -3.15. The van der Waals surface area contributed by atoms with E-state index in [1.807, 2.05) is 42.1 Å². The van der Waals surface area contributed by atoms with Crippen LogP contribution < -0.4 is 5.32 Å². The van der Waals surface area contributed by atoms with Crippen molar-refractivity contribution in [3.8, 4) is 11.3 Å². The maximum absolute atomic E-state index is 13.2. The average molecular weight is 481 g/mol. The Morgan fingerprint density at radius 3 is 2.18 bits per heavy atom. The topological polar surface area (TPSA) is 84.3 Å². The van der Waals surface area contributed by atoms with Crippen molar-refractivity contribution >= 4 is 15.9 Å². The van der Waals surface area contributed by atoms with Crippen LogP contribution in [0, 0.1) is 19.8 Å². The minimum Gasteiger partial charge on any atom is -0.352 e. The van der Waals surface area contributed by atoms with Gasteiger partial charge in [0.05, 0.1) is 18.4 Å². The van der Waals surface area contributed by atoms with Crippen molar-refractivity contribution in [2.24, 2.45) is 5.92 Å². The summed E-state index contributed by atoms with van der Waals surface area (Å²) >= 11 is 0. The predicted molar refractivity (Wildman–Crippen MR) is 134 cm³/mol. The zero-order valence-corrected chi connectivity index (χ0v) is 20.8. The molecular weight excluding hydrogens is 448 g/mol. The molecule has 180 valence electrons. The first-order valence-corrected chi connectivity index (χ1v) is 13.5. The van der Waals surface area contributed by atoms with Crippen LogP contribution in [0.15, 0.2) is 54.7 Å². The Hall–Kier alpha value is -2.97. The van der Waals surface area contributed by atoms with Gasteiger partial charge in [0.15, 0.2) is 0 Å². The first-order chi connectivity index (χ1) is 16.2. The van der Waals surface area contributed by atoms with Crippen LogP contribution in [0.3, 0.4) is 0 Å². The molecule has 3 aromatic rings. The summed E-state index contributed by atoms with van der Waals surface area (Å²) in [5, 5.41) is 7.83. The van der Waals surface area contributed by atoms with Gasteiger partial charge in [-0.2, -0.15) is 5.10 Å². The molecule has 0 atom stereocenters. The third kappa shape index (κ3) is 5.93. The van der Waals surface area contributed by atoms with Crippen LogP contribution in [0.5, 0.6) is 0 Å². The van der Waals surface area contributed by atoms with Crippen LogP contribution in [0.2, 0.25) is 0 Å². The number of sulfonamides is 1. The minimum absolute atomic E-state index is 0.156. The minimum atomic E-state index is -3.15. The lowest BCUT2D eigenvalue weighted by Gasteiger charge is -2.30. The largest absolute Gasteiger partial charge is 0.352 e. The molecule has 0 unspecified atom stereocenters. The molecular formula is C26H32N4O3S. The molecule has 34 heavy (non-hydrogen) atoms. The Morgan fingerprint density at radius 1 is 1.00 bits per heavy atom. The zero-order chi connectivity index (χ0) is 24.3. The number of carbonyl (C=O) groups is 1. The number of nitrogens with one attached hydrogen (secondary N) is 1. The summed E-state index contributed by atoms with van der Waals surface area (Å²) in [5.74, 6) is 0.101. The SMILES string of the molecule is Cc1ccc(Cn2cc(C(=O)NCC3CCN(S(C)(=O)=O)CC3)c(-c3ccc(C)cc3)n2)cc1. The normalized spacial score (nSPS) is 15.4. The van der Waals surface area contributed by atoms with E-state index >= 15 is 0 Å². The highest BCUT2D eigenvalue weighted by Crippen LogP contribution is 2.24. The molecule has 1 amide bonds. The highest BCUT2D eigenvalue weighted by Gasteiger charge is 2.26. The zero-order valence-electron chi connectivity index (χ0n) is 20.0. The summed E-state index contributed by atoms with van der Waals surface area (Å²) in [6, 6.07) is 16.3. The van der Waals surface area contributed by atoms with Crippen molar-refractivity contribution in [2.75, 3.05) is 25.9 Å². The standard InChI is InChI=1S/C26H32N4O3S/c1-19-4-8-22(9-5-19)17-29-18-24(25(28-29)23-10-6-20(2)7-11-23)26(31)27-16-21-12-14-30(15-13-21)34(3,32)33/h4-11,18,21H,12-17H2,1-3H3,(H,27,31). The number of aryl methyl sites for hydroxylation is 2. The summed E-state index contributed by atoms with van der Waals surface area (Å²) in [4.78, 5) is 13.2. The Kier molecular flexibility index (Phi) is 7.19. The van der Waals surface area contributed by atoms with Crippen LogP contribution in [-0.4, -0.2) is 54.3 Å². The van der Waals surface area contributed by atoms with Crippen molar-refractivity contribution in [1.29, 1.82) is 0 Å². The summed E-state index contributed by atoms with van der Waals surface area (Å²) in [5.41, 5.74) is 5.58. The summed E-state index contributed by atoms with van der Waals surface area (Å²) in [6.07, 6.45) is 4.54. The van der Waals surface area contributed by atoms with Gasteiger partial charge in [0.25, 0.3) is 5.91 Å². The van der Waals surface area contributed by atoms with Crippen molar-refractivity contribution in [3.63, 3.8) is 0 Å². The highest BCUT2D eigenvalue weighted by molar-refractivity contribution is 7.88. The second-order valence-corrected chi connectivity index (χ2v) is 11.2. The van der Waals surface area contributed by atoms with E-state index in [9.17, 15) is 13.2 Å². The third-order valence-corrected chi connectivity index (χ3v) is 7.69. The van der Waals surface area contributed by atoms with E-state index in [4.69, 9.17) is 5.10 Å². The van der Waals surface area contributed by atoms with E-state index in [1.165, 1.54) is 16.1 Å². The van der Waals surface area contributed by atoms with Crippen molar-refractivity contribution in [3.05, 3.63) is 77.0 Å². The molecule has 0 saturated carbocycles. The predicted octanol–water partition coefficient (Wildman–Crippen LogP) is 3.62. The van der Waals surface area contributed by atoms with E-state index in [1.54, 1.807) is 0 Å². The number of benzene rings is 2. The Labute approximate surface area is 201 Å². The van der Waals surface area contributed by atoms with E-state index in [2.05, 4.69) is 36.5 Å². The van der Waals surface area contributed by atoms with Gasteiger partial charge < -0.3 is 5.32 Å². The number of carbonyl (C=O) groups excluding carboxylic acids is 1. The van der Waals surface area contributed by atoms with Gasteiger partial charge >= 0.3 is 0 Å². The van der Waals surface area contributed by atoms with Crippen molar-refractivity contribution in [1.82, 2.24) is 19.4 Å². The molecule has 1 aromatic heterocycles. The highest BCUT2D eigenvalue weighted by atomic mass is 32.2. The Balaban J connectivity index is 1.49. The molecule has 1 aliphatic heterocycles. The molecule has 1 fully saturated rings. The number of hydrogen-bond acceptors (Lipinski definition) is 4. The number of rotatable bonds is 7. The molecule has 0 spiro atoms. The number of nitrogens with zero attached hydrogens (tertiary/aromatic N) is 3. The molecule has 4 rings (SSSR count). The third-order valence-electron chi connectivity index (χ3n) is 6.39. The number of aromatic nitrogens is 2. The fourth-order valence-electron chi connectivity index (χ4n) is 4.25. The second-order valence-electron chi connectivity index (χ2n) is 9.26. The van der Waals surface area contributed by atoms with Gasteiger partial charge in [-0.25, -0.2) is 12.7 Å². The lowest BCUT2D eigenvalue weighted by molar-refractivity contribution is 0.0942. The smallest absolute Gasteiger partial charge is 0.255 e. The fourth-order valence-corrected chi connectivity index (χ4v) is 5.13. The molecule has 0 bridgehead atoms. The van der Waals surface area contributed by atoms with E-state index in [-0.39, 0.29) is 11.8 Å². The molecule has 2 heterocycles. The molecule has 1 aliphatic rings. The summed E-state index contributed by atoms with van der Waals surface area (Å²) < 4.78 is 26.8. The van der Waals surface area contributed by atoms with E-state index < -0.39 is 10.0 Å². The van der Waals surface area contributed by atoms with Crippen LogP contribution in [0.25, 0.3) is 11.3 Å². The van der Waals surface area contributed by atoms with Crippen LogP contribution in [-0.2, 0) is 16.6 Å². The second kappa shape index (κ2) is 10.1. The number of piperidine rings is 1. The first kappa shape index (κ1) is 24.2. The molecule has 7 nitrogen and oxygen atoms in total. The maximum atomic E-state index is 13.2. The van der Waals surface area contributed by atoms with Gasteiger partial charge in [-0.3, -0.25) is 9.48 Å².